The van der Waals surface area contributed by atoms with Gasteiger partial charge >= 0.3 is 0 Å². The van der Waals surface area contributed by atoms with Crippen LogP contribution in [0.15, 0.2) is 10.7 Å². The molecule has 1 rings (SSSR count). The van der Waals surface area contributed by atoms with E-state index in [4.69, 9.17) is 5.73 Å². The van der Waals surface area contributed by atoms with E-state index in [-0.39, 0.29) is 12.1 Å². The Kier molecular flexibility index (Phi) is 3.80. The molecular formula is C11H18BrN3O. The maximum absolute atomic E-state index is 9.33. The molecule has 0 amide bonds. The number of nitrogens with two attached hydrogens (primary N) is 1. The van der Waals surface area contributed by atoms with Crippen molar-refractivity contribution in [3.8, 4) is 0 Å². The highest BCUT2D eigenvalue weighted by atomic mass is 79.9. The highest BCUT2D eigenvalue weighted by Gasteiger charge is 2.25. The number of aliphatic hydroxyl groups is 1. The molecule has 0 fully saturated rings. The molecule has 16 heavy (non-hydrogen) atoms. The van der Waals surface area contributed by atoms with E-state index >= 15 is 0 Å². The SMILES string of the molecule is Cc1c(N)cnc(N(C)C(C)(C)CO)c1Br. The lowest BCUT2D eigenvalue weighted by Crippen LogP contribution is -2.45. The third kappa shape index (κ3) is 2.30. The molecule has 0 aliphatic carbocycles. The second-order valence-electron chi connectivity index (χ2n) is 4.51. The quantitative estimate of drug-likeness (QED) is 0.892. The minimum absolute atomic E-state index is 0.0566. The summed E-state index contributed by atoms with van der Waals surface area (Å²) in [5, 5.41) is 9.33. The smallest absolute Gasteiger partial charge is 0.143 e. The van der Waals surface area contributed by atoms with E-state index in [2.05, 4.69) is 20.9 Å². The lowest BCUT2D eigenvalue weighted by atomic mass is 10.1. The van der Waals surface area contributed by atoms with Crippen molar-refractivity contribution in [2.45, 2.75) is 26.3 Å². The van der Waals surface area contributed by atoms with Crippen LogP contribution in [0.1, 0.15) is 19.4 Å². The number of halogens is 1. The normalized spacial score (nSPS) is 11.6. The molecule has 0 bridgehead atoms. The predicted molar refractivity (Wildman–Crippen MR) is 70.7 cm³/mol. The maximum atomic E-state index is 9.33. The molecule has 0 spiro atoms. The van der Waals surface area contributed by atoms with Crippen molar-refractivity contribution in [1.29, 1.82) is 0 Å². The van der Waals surface area contributed by atoms with Crippen molar-refractivity contribution in [1.82, 2.24) is 4.98 Å². The molecule has 1 aromatic heterocycles. The van der Waals surface area contributed by atoms with Crippen LogP contribution in [-0.2, 0) is 0 Å². The molecular weight excluding hydrogens is 270 g/mol. The number of nitrogen functional groups attached to an aromatic ring is 1. The van der Waals surface area contributed by atoms with Crippen molar-refractivity contribution in [2.75, 3.05) is 24.3 Å². The Morgan fingerprint density at radius 1 is 1.56 bits per heavy atom. The average molecular weight is 288 g/mol. The number of pyridine rings is 1. The molecule has 5 heteroatoms. The van der Waals surface area contributed by atoms with Crippen molar-refractivity contribution < 1.29 is 5.11 Å². The van der Waals surface area contributed by atoms with Gasteiger partial charge in [0.1, 0.15) is 5.82 Å². The number of rotatable bonds is 3. The molecule has 0 saturated carbocycles. The number of hydrogen-bond donors (Lipinski definition) is 2. The standard InChI is InChI=1S/C11H18BrN3O/c1-7-8(13)5-14-10(9(7)12)15(4)11(2,3)6-16/h5,16H,6,13H2,1-4H3. The lowest BCUT2D eigenvalue weighted by Gasteiger charge is -2.35. The number of aromatic nitrogens is 1. The Hall–Kier alpha value is -0.810. The number of likely N-dealkylation sites (N-methyl/N-ethyl adjacent to an activating group) is 1. The zero-order chi connectivity index (χ0) is 12.5. The lowest BCUT2D eigenvalue weighted by molar-refractivity contribution is 0.215. The van der Waals surface area contributed by atoms with Gasteiger partial charge in [-0.1, -0.05) is 0 Å². The summed E-state index contributed by atoms with van der Waals surface area (Å²) in [6.45, 7) is 5.89. The first-order chi connectivity index (χ1) is 7.31. The van der Waals surface area contributed by atoms with Gasteiger partial charge < -0.3 is 15.7 Å². The monoisotopic (exact) mass is 287 g/mol. The summed E-state index contributed by atoms with van der Waals surface area (Å²) in [6.07, 6.45) is 1.64. The van der Waals surface area contributed by atoms with Gasteiger partial charge in [0, 0.05) is 7.05 Å². The first-order valence-corrected chi connectivity index (χ1v) is 5.86. The summed E-state index contributed by atoms with van der Waals surface area (Å²) in [7, 11) is 1.90. The molecule has 0 aliphatic heterocycles. The molecule has 1 aromatic rings. The van der Waals surface area contributed by atoms with Crippen LogP contribution in [0.2, 0.25) is 0 Å². The first-order valence-electron chi connectivity index (χ1n) is 5.06. The third-order valence-electron chi connectivity index (χ3n) is 2.90. The molecule has 4 nitrogen and oxygen atoms in total. The summed E-state index contributed by atoms with van der Waals surface area (Å²) in [5.41, 5.74) is 7.03. The van der Waals surface area contributed by atoms with Gasteiger partial charge in [0.05, 0.1) is 28.5 Å². The van der Waals surface area contributed by atoms with Crippen LogP contribution in [0.25, 0.3) is 0 Å². The Bertz CT molecular complexity index is 393. The van der Waals surface area contributed by atoms with Gasteiger partial charge in [0.15, 0.2) is 0 Å². The minimum atomic E-state index is -0.363. The van der Waals surface area contributed by atoms with E-state index in [1.807, 2.05) is 32.7 Å². The number of hydrogen-bond acceptors (Lipinski definition) is 4. The van der Waals surface area contributed by atoms with Crippen LogP contribution in [-0.4, -0.2) is 29.3 Å². The van der Waals surface area contributed by atoms with E-state index in [0.717, 1.165) is 15.9 Å². The van der Waals surface area contributed by atoms with Crippen molar-refractivity contribution in [2.24, 2.45) is 0 Å². The third-order valence-corrected chi connectivity index (χ3v) is 3.85. The Morgan fingerprint density at radius 2 is 2.12 bits per heavy atom. The maximum Gasteiger partial charge on any atom is 0.143 e. The van der Waals surface area contributed by atoms with Gasteiger partial charge in [-0.2, -0.15) is 0 Å². The van der Waals surface area contributed by atoms with Crippen molar-refractivity contribution in [3.63, 3.8) is 0 Å². The van der Waals surface area contributed by atoms with E-state index < -0.39 is 0 Å². The topological polar surface area (TPSA) is 62.4 Å². The average Bonchev–Trinajstić information content (AvgIpc) is 2.25. The molecule has 90 valence electrons. The Morgan fingerprint density at radius 3 is 2.62 bits per heavy atom. The summed E-state index contributed by atoms with van der Waals surface area (Å²) < 4.78 is 0.872. The summed E-state index contributed by atoms with van der Waals surface area (Å²) in [4.78, 5) is 6.23. The molecule has 1 heterocycles. The predicted octanol–water partition coefficient (Wildman–Crippen LogP) is 1.94. The van der Waals surface area contributed by atoms with Crippen LogP contribution in [0, 0.1) is 6.92 Å². The van der Waals surface area contributed by atoms with Gasteiger partial charge in [-0.15, -0.1) is 0 Å². The zero-order valence-electron chi connectivity index (χ0n) is 10.1. The highest BCUT2D eigenvalue weighted by Crippen LogP contribution is 2.32. The fraction of sp³-hybridized carbons (Fsp3) is 0.545. The van der Waals surface area contributed by atoms with Gasteiger partial charge in [0.2, 0.25) is 0 Å². The van der Waals surface area contributed by atoms with Crippen LogP contribution in [0.3, 0.4) is 0 Å². The molecule has 0 atom stereocenters. The molecule has 0 radical (unpaired) electrons. The summed E-state index contributed by atoms with van der Waals surface area (Å²) in [5.74, 6) is 0.783. The number of aliphatic hydroxyl groups excluding tert-OH is 1. The highest BCUT2D eigenvalue weighted by molar-refractivity contribution is 9.10. The molecule has 0 aliphatic rings. The van der Waals surface area contributed by atoms with Crippen molar-refractivity contribution in [3.05, 3.63) is 16.2 Å². The van der Waals surface area contributed by atoms with E-state index in [1.54, 1.807) is 6.20 Å². The van der Waals surface area contributed by atoms with Crippen LogP contribution in [0.5, 0.6) is 0 Å². The Labute approximate surface area is 105 Å². The van der Waals surface area contributed by atoms with Crippen molar-refractivity contribution >= 4 is 27.4 Å². The summed E-state index contributed by atoms with van der Waals surface area (Å²) in [6, 6.07) is 0. The fourth-order valence-corrected chi connectivity index (χ4v) is 1.80. The zero-order valence-corrected chi connectivity index (χ0v) is 11.7. The molecule has 3 N–H and O–H groups in total. The second-order valence-corrected chi connectivity index (χ2v) is 5.30. The summed E-state index contributed by atoms with van der Waals surface area (Å²) >= 11 is 3.49. The minimum Gasteiger partial charge on any atom is -0.397 e. The molecule has 0 saturated heterocycles. The van der Waals surface area contributed by atoms with E-state index in [1.165, 1.54) is 0 Å². The van der Waals surface area contributed by atoms with Gasteiger partial charge in [-0.25, -0.2) is 4.98 Å². The number of anilines is 2. The molecule has 0 unspecified atom stereocenters. The largest absolute Gasteiger partial charge is 0.397 e. The molecule has 0 aromatic carbocycles. The van der Waals surface area contributed by atoms with Gasteiger partial charge in [0.25, 0.3) is 0 Å². The van der Waals surface area contributed by atoms with Gasteiger partial charge in [-0.05, 0) is 42.3 Å². The van der Waals surface area contributed by atoms with Crippen LogP contribution < -0.4 is 10.6 Å². The fourth-order valence-electron chi connectivity index (χ4n) is 1.21. The number of nitrogens with zero attached hydrogens (tertiary/aromatic N) is 2. The van der Waals surface area contributed by atoms with E-state index in [9.17, 15) is 5.11 Å². The van der Waals surface area contributed by atoms with Gasteiger partial charge in [-0.3, -0.25) is 0 Å². The van der Waals surface area contributed by atoms with Crippen LogP contribution in [0.4, 0.5) is 11.5 Å². The first kappa shape index (κ1) is 13.3. The Balaban J connectivity index is 3.20. The second kappa shape index (κ2) is 4.59. The van der Waals surface area contributed by atoms with Crippen LogP contribution >= 0.6 is 15.9 Å². The van der Waals surface area contributed by atoms with E-state index in [0.29, 0.717) is 5.69 Å².